The fourth-order valence-corrected chi connectivity index (χ4v) is 1.82. The van der Waals surface area contributed by atoms with Gasteiger partial charge in [-0.05, 0) is 28.4 Å². The number of hydrogen-bond acceptors (Lipinski definition) is 2. The number of carbonyl (C=O) groups is 1. The molecule has 0 radical (unpaired) electrons. The van der Waals surface area contributed by atoms with Crippen LogP contribution in [0.25, 0.3) is 0 Å². The van der Waals surface area contributed by atoms with Crippen LogP contribution in [0.2, 0.25) is 0 Å². The van der Waals surface area contributed by atoms with Gasteiger partial charge in [-0.3, -0.25) is 9.59 Å². The van der Waals surface area contributed by atoms with E-state index in [0.717, 1.165) is 24.0 Å². The smallest absolute Gasteiger partial charge is 0.251 e. The maximum absolute atomic E-state index is 11.6. The third-order valence-electron chi connectivity index (χ3n) is 2.46. The molecule has 0 spiro atoms. The molecule has 2 rings (SSSR count). The van der Waals surface area contributed by atoms with Gasteiger partial charge in [0.25, 0.3) is 5.56 Å². The van der Waals surface area contributed by atoms with E-state index in [0.29, 0.717) is 0 Å². The van der Waals surface area contributed by atoms with Crippen LogP contribution in [-0.4, -0.2) is 28.5 Å². The van der Waals surface area contributed by atoms with Gasteiger partial charge in [0.15, 0.2) is 0 Å². The Labute approximate surface area is 95.6 Å². The van der Waals surface area contributed by atoms with Gasteiger partial charge in [0.2, 0.25) is 5.91 Å². The van der Waals surface area contributed by atoms with Crippen molar-refractivity contribution in [2.45, 2.75) is 13.0 Å². The standard InChI is InChI=1S/C10H11BrN2O2/c11-8-2-3-9(14)13(6-8)7-10(15)12-4-1-5-12/h2-3,6H,1,4-5,7H2. The van der Waals surface area contributed by atoms with Gasteiger partial charge in [0.1, 0.15) is 6.54 Å². The molecule has 0 atom stereocenters. The van der Waals surface area contributed by atoms with Crippen LogP contribution >= 0.6 is 15.9 Å². The molecule has 1 aliphatic rings. The lowest BCUT2D eigenvalue weighted by atomic mass is 10.2. The third kappa shape index (κ3) is 2.28. The van der Waals surface area contributed by atoms with Crippen molar-refractivity contribution in [2.24, 2.45) is 0 Å². The van der Waals surface area contributed by atoms with Gasteiger partial charge in [0, 0.05) is 29.8 Å². The Balaban J connectivity index is 2.12. The summed E-state index contributed by atoms with van der Waals surface area (Å²) in [6.45, 7) is 1.78. The second-order valence-corrected chi connectivity index (χ2v) is 4.46. The summed E-state index contributed by atoms with van der Waals surface area (Å²) < 4.78 is 2.23. The highest BCUT2D eigenvalue weighted by Crippen LogP contribution is 2.08. The second-order valence-electron chi connectivity index (χ2n) is 3.55. The maximum Gasteiger partial charge on any atom is 0.251 e. The second kappa shape index (κ2) is 4.18. The van der Waals surface area contributed by atoms with E-state index in [-0.39, 0.29) is 18.0 Å². The minimum atomic E-state index is -0.146. The molecule has 1 fully saturated rings. The molecule has 80 valence electrons. The van der Waals surface area contributed by atoms with Crippen LogP contribution in [0.1, 0.15) is 6.42 Å². The number of pyridine rings is 1. The normalized spacial score (nSPS) is 14.9. The van der Waals surface area contributed by atoms with Gasteiger partial charge in [-0.1, -0.05) is 0 Å². The SMILES string of the molecule is O=C(Cn1cc(Br)ccc1=O)N1CCC1. The number of aromatic nitrogens is 1. The first-order valence-electron chi connectivity index (χ1n) is 4.80. The highest BCUT2D eigenvalue weighted by molar-refractivity contribution is 9.10. The summed E-state index contributed by atoms with van der Waals surface area (Å²) in [5.41, 5.74) is -0.146. The predicted octanol–water partition coefficient (Wildman–Crippen LogP) is 0.843. The molecule has 4 nitrogen and oxygen atoms in total. The number of rotatable bonds is 2. The van der Waals surface area contributed by atoms with E-state index in [2.05, 4.69) is 15.9 Å². The van der Waals surface area contributed by atoms with E-state index in [1.807, 2.05) is 0 Å². The van der Waals surface area contributed by atoms with Crippen LogP contribution < -0.4 is 5.56 Å². The Morgan fingerprint density at radius 2 is 2.13 bits per heavy atom. The lowest BCUT2D eigenvalue weighted by Gasteiger charge is -2.31. The third-order valence-corrected chi connectivity index (χ3v) is 2.93. The Morgan fingerprint density at radius 3 is 2.73 bits per heavy atom. The van der Waals surface area contributed by atoms with Crippen molar-refractivity contribution >= 4 is 21.8 Å². The first-order chi connectivity index (χ1) is 7.16. The van der Waals surface area contributed by atoms with Gasteiger partial charge >= 0.3 is 0 Å². The largest absolute Gasteiger partial charge is 0.341 e. The van der Waals surface area contributed by atoms with Crippen molar-refractivity contribution in [1.82, 2.24) is 9.47 Å². The summed E-state index contributed by atoms with van der Waals surface area (Å²) in [6.07, 6.45) is 2.71. The van der Waals surface area contributed by atoms with Crippen LogP contribution in [0.5, 0.6) is 0 Å². The maximum atomic E-state index is 11.6. The van der Waals surface area contributed by atoms with Crippen molar-refractivity contribution < 1.29 is 4.79 Å². The van der Waals surface area contributed by atoms with Crippen LogP contribution in [-0.2, 0) is 11.3 Å². The molecule has 5 heteroatoms. The zero-order valence-corrected chi connectivity index (χ0v) is 9.74. The van der Waals surface area contributed by atoms with Crippen LogP contribution in [0.15, 0.2) is 27.6 Å². The summed E-state index contributed by atoms with van der Waals surface area (Å²) in [5.74, 6) is 0.0152. The predicted molar refractivity (Wildman–Crippen MR) is 59.6 cm³/mol. The summed E-state index contributed by atoms with van der Waals surface area (Å²) in [7, 11) is 0. The molecule has 0 aliphatic carbocycles. The summed E-state index contributed by atoms with van der Waals surface area (Å²) in [4.78, 5) is 24.8. The molecular formula is C10H11BrN2O2. The average Bonchev–Trinajstić information content (AvgIpc) is 2.08. The first-order valence-corrected chi connectivity index (χ1v) is 5.60. The molecule has 1 amide bonds. The van der Waals surface area contributed by atoms with Crippen molar-refractivity contribution in [1.29, 1.82) is 0 Å². The van der Waals surface area contributed by atoms with E-state index >= 15 is 0 Å². The number of nitrogens with zero attached hydrogens (tertiary/aromatic N) is 2. The lowest BCUT2D eigenvalue weighted by Crippen LogP contribution is -2.44. The number of amides is 1. The van der Waals surface area contributed by atoms with E-state index in [1.165, 1.54) is 10.6 Å². The van der Waals surface area contributed by atoms with Crippen molar-refractivity contribution in [2.75, 3.05) is 13.1 Å². The number of likely N-dealkylation sites (tertiary alicyclic amines) is 1. The topological polar surface area (TPSA) is 42.3 Å². The van der Waals surface area contributed by atoms with E-state index in [4.69, 9.17) is 0 Å². The van der Waals surface area contributed by atoms with E-state index in [1.54, 1.807) is 17.2 Å². The molecule has 0 bridgehead atoms. The lowest BCUT2D eigenvalue weighted by molar-refractivity contribution is -0.135. The fraction of sp³-hybridized carbons (Fsp3) is 0.400. The zero-order chi connectivity index (χ0) is 10.8. The molecular weight excluding hydrogens is 260 g/mol. The van der Waals surface area contributed by atoms with E-state index < -0.39 is 0 Å². The number of carbonyl (C=O) groups excluding carboxylic acids is 1. The molecule has 1 aromatic heterocycles. The molecule has 0 N–H and O–H groups in total. The summed E-state index contributed by atoms with van der Waals surface area (Å²) in [6, 6.07) is 3.13. The molecule has 0 aromatic carbocycles. The Morgan fingerprint density at radius 1 is 1.40 bits per heavy atom. The molecule has 2 heterocycles. The van der Waals surface area contributed by atoms with Crippen LogP contribution in [0, 0.1) is 0 Å². The minimum Gasteiger partial charge on any atom is -0.341 e. The Kier molecular flexibility index (Phi) is 2.90. The zero-order valence-electron chi connectivity index (χ0n) is 8.15. The van der Waals surface area contributed by atoms with Crippen LogP contribution in [0.3, 0.4) is 0 Å². The monoisotopic (exact) mass is 270 g/mol. The molecule has 1 aliphatic heterocycles. The quantitative estimate of drug-likeness (QED) is 0.800. The van der Waals surface area contributed by atoms with Gasteiger partial charge < -0.3 is 9.47 Å². The molecule has 15 heavy (non-hydrogen) atoms. The molecule has 1 saturated heterocycles. The summed E-state index contributed by atoms with van der Waals surface area (Å²) >= 11 is 3.27. The van der Waals surface area contributed by atoms with Gasteiger partial charge in [-0.2, -0.15) is 0 Å². The highest BCUT2D eigenvalue weighted by Gasteiger charge is 2.20. The Bertz CT molecular complexity index is 437. The van der Waals surface area contributed by atoms with Crippen LogP contribution in [0.4, 0.5) is 0 Å². The van der Waals surface area contributed by atoms with Crippen molar-refractivity contribution in [3.8, 4) is 0 Å². The number of hydrogen-bond donors (Lipinski definition) is 0. The van der Waals surface area contributed by atoms with Gasteiger partial charge in [-0.15, -0.1) is 0 Å². The highest BCUT2D eigenvalue weighted by atomic mass is 79.9. The minimum absolute atomic E-state index is 0.0152. The summed E-state index contributed by atoms with van der Waals surface area (Å²) in [5, 5.41) is 0. The van der Waals surface area contributed by atoms with E-state index in [9.17, 15) is 9.59 Å². The van der Waals surface area contributed by atoms with Crippen molar-refractivity contribution in [3.63, 3.8) is 0 Å². The molecule has 0 saturated carbocycles. The van der Waals surface area contributed by atoms with Gasteiger partial charge in [-0.25, -0.2) is 0 Å². The Hall–Kier alpha value is -1.10. The molecule has 1 aromatic rings. The molecule has 0 unspecified atom stereocenters. The number of halogens is 1. The van der Waals surface area contributed by atoms with Gasteiger partial charge in [0.05, 0.1) is 0 Å². The first kappa shape index (κ1) is 10.4. The average molecular weight is 271 g/mol. The van der Waals surface area contributed by atoms with Crippen molar-refractivity contribution in [3.05, 3.63) is 33.2 Å². The fourth-order valence-electron chi connectivity index (χ4n) is 1.44.